The van der Waals surface area contributed by atoms with Crippen LogP contribution < -0.4 is 10.6 Å². The highest BCUT2D eigenvalue weighted by Crippen LogP contribution is 2.39. The summed E-state index contributed by atoms with van der Waals surface area (Å²) in [6.45, 7) is 7.02. The first-order valence-electron chi connectivity index (χ1n) is 8.19. The molecule has 0 radical (unpaired) electrons. The molecule has 2 rings (SSSR count). The average molecular weight is 302 g/mol. The molecule has 2 N–H and O–H groups in total. The Kier molecular flexibility index (Phi) is 5.58. The Labute approximate surface area is 132 Å². The summed E-state index contributed by atoms with van der Waals surface area (Å²) in [5.41, 5.74) is 1.98. The van der Waals surface area contributed by atoms with Crippen molar-refractivity contribution in [1.82, 2.24) is 5.32 Å². The molecule has 0 aliphatic heterocycles. The fraction of sp³-hybridized carbons (Fsp3) is 0.556. The highest BCUT2D eigenvalue weighted by atomic mass is 16.2. The number of amides is 2. The second-order valence-corrected chi connectivity index (χ2v) is 6.42. The lowest BCUT2D eigenvalue weighted by molar-refractivity contribution is -0.125. The van der Waals surface area contributed by atoms with Gasteiger partial charge in [0.1, 0.15) is 0 Å². The van der Waals surface area contributed by atoms with Crippen molar-refractivity contribution in [3.63, 3.8) is 0 Å². The molecule has 0 heterocycles. The molecule has 1 saturated carbocycles. The van der Waals surface area contributed by atoms with Crippen LogP contribution in [0.5, 0.6) is 0 Å². The maximum Gasteiger partial charge on any atom is 0.228 e. The molecule has 0 aromatic heterocycles. The Hall–Kier alpha value is -1.84. The minimum absolute atomic E-state index is 0.0181. The largest absolute Gasteiger partial charge is 0.356 e. The van der Waals surface area contributed by atoms with Crippen LogP contribution in [0.4, 0.5) is 5.69 Å². The standard InChI is InChI=1S/C18H26N2O2/c1-4-13-7-5-6-8-16(13)20-18(22)15-11-14(15)17(21)19-10-9-12(2)3/h5-8,12,14-15H,4,9-11H2,1-3H3,(H,19,21)(H,20,22). The van der Waals surface area contributed by atoms with Crippen molar-refractivity contribution in [2.45, 2.75) is 40.0 Å². The molecule has 1 aliphatic rings. The lowest BCUT2D eigenvalue weighted by atomic mass is 10.1. The monoisotopic (exact) mass is 302 g/mol. The van der Waals surface area contributed by atoms with Crippen molar-refractivity contribution in [2.75, 3.05) is 11.9 Å². The minimum atomic E-state index is -0.177. The molecule has 1 aromatic rings. The number of rotatable bonds is 7. The van der Waals surface area contributed by atoms with Gasteiger partial charge in [-0.2, -0.15) is 0 Å². The highest BCUT2D eigenvalue weighted by Gasteiger charge is 2.47. The third-order valence-corrected chi connectivity index (χ3v) is 4.14. The van der Waals surface area contributed by atoms with Crippen molar-refractivity contribution >= 4 is 17.5 Å². The number of hydrogen-bond donors (Lipinski definition) is 2. The first-order valence-corrected chi connectivity index (χ1v) is 8.19. The summed E-state index contributed by atoms with van der Waals surface area (Å²) in [7, 11) is 0. The van der Waals surface area contributed by atoms with Crippen molar-refractivity contribution in [3.8, 4) is 0 Å². The van der Waals surface area contributed by atoms with E-state index in [9.17, 15) is 9.59 Å². The average Bonchev–Trinajstić information content (AvgIpc) is 3.28. The van der Waals surface area contributed by atoms with E-state index in [1.807, 2.05) is 24.3 Å². The fourth-order valence-corrected chi connectivity index (χ4v) is 2.57. The van der Waals surface area contributed by atoms with Crippen LogP contribution in [0.15, 0.2) is 24.3 Å². The van der Waals surface area contributed by atoms with Gasteiger partial charge in [-0.05, 0) is 36.8 Å². The number of nitrogens with one attached hydrogen (secondary N) is 2. The van der Waals surface area contributed by atoms with Gasteiger partial charge in [-0.3, -0.25) is 9.59 Å². The first kappa shape index (κ1) is 16.5. The Bertz CT molecular complexity index is 540. The number of carbonyl (C=O) groups is 2. The van der Waals surface area contributed by atoms with Crippen molar-refractivity contribution in [3.05, 3.63) is 29.8 Å². The van der Waals surface area contributed by atoms with E-state index < -0.39 is 0 Å². The number of anilines is 1. The fourth-order valence-electron chi connectivity index (χ4n) is 2.57. The van der Waals surface area contributed by atoms with Gasteiger partial charge in [-0.1, -0.05) is 39.0 Å². The third-order valence-electron chi connectivity index (χ3n) is 4.14. The van der Waals surface area contributed by atoms with Gasteiger partial charge >= 0.3 is 0 Å². The van der Waals surface area contributed by atoms with Gasteiger partial charge in [-0.25, -0.2) is 0 Å². The van der Waals surface area contributed by atoms with Crippen LogP contribution in [0.3, 0.4) is 0 Å². The number of carbonyl (C=O) groups excluding carboxylic acids is 2. The second kappa shape index (κ2) is 7.43. The topological polar surface area (TPSA) is 58.2 Å². The predicted molar refractivity (Wildman–Crippen MR) is 88.5 cm³/mol. The predicted octanol–water partition coefficient (Wildman–Crippen LogP) is 2.99. The van der Waals surface area contributed by atoms with Gasteiger partial charge in [0.15, 0.2) is 0 Å². The molecule has 4 heteroatoms. The Balaban J connectivity index is 1.82. The van der Waals surface area contributed by atoms with Crippen molar-refractivity contribution in [1.29, 1.82) is 0 Å². The van der Waals surface area contributed by atoms with E-state index in [0.717, 1.165) is 24.1 Å². The van der Waals surface area contributed by atoms with E-state index in [4.69, 9.17) is 0 Å². The maximum absolute atomic E-state index is 12.2. The normalized spacial score (nSPS) is 19.8. The molecular weight excluding hydrogens is 276 g/mol. The van der Waals surface area contributed by atoms with E-state index in [2.05, 4.69) is 31.4 Å². The zero-order valence-corrected chi connectivity index (χ0v) is 13.7. The minimum Gasteiger partial charge on any atom is -0.356 e. The van der Waals surface area contributed by atoms with Gasteiger partial charge in [0.05, 0.1) is 11.8 Å². The van der Waals surface area contributed by atoms with Gasteiger partial charge in [-0.15, -0.1) is 0 Å². The van der Waals surface area contributed by atoms with E-state index in [-0.39, 0.29) is 23.7 Å². The maximum atomic E-state index is 12.2. The zero-order chi connectivity index (χ0) is 16.1. The van der Waals surface area contributed by atoms with Gasteiger partial charge in [0.25, 0.3) is 0 Å². The van der Waals surface area contributed by atoms with Crippen LogP contribution in [0.1, 0.15) is 39.2 Å². The Morgan fingerprint density at radius 2 is 1.86 bits per heavy atom. The van der Waals surface area contributed by atoms with E-state index in [1.54, 1.807) is 0 Å². The lowest BCUT2D eigenvalue weighted by Crippen LogP contribution is -2.29. The smallest absolute Gasteiger partial charge is 0.228 e. The summed E-state index contributed by atoms with van der Waals surface area (Å²) < 4.78 is 0. The van der Waals surface area contributed by atoms with E-state index in [0.29, 0.717) is 18.9 Å². The van der Waals surface area contributed by atoms with Crippen LogP contribution in [0.25, 0.3) is 0 Å². The summed E-state index contributed by atoms with van der Waals surface area (Å²) in [6.07, 6.45) is 2.51. The van der Waals surface area contributed by atoms with Crippen LogP contribution in [0.2, 0.25) is 0 Å². The number of para-hydroxylation sites is 1. The van der Waals surface area contributed by atoms with Crippen molar-refractivity contribution < 1.29 is 9.59 Å². The molecule has 1 fully saturated rings. The Morgan fingerprint density at radius 3 is 2.55 bits per heavy atom. The summed E-state index contributed by atoms with van der Waals surface area (Å²) in [5, 5.41) is 5.89. The van der Waals surface area contributed by atoms with E-state index >= 15 is 0 Å². The first-order chi connectivity index (χ1) is 10.5. The van der Waals surface area contributed by atoms with Crippen LogP contribution in [-0.2, 0) is 16.0 Å². The number of aryl methyl sites for hydroxylation is 1. The summed E-state index contributed by atoms with van der Waals surface area (Å²) in [4.78, 5) is 24.2. The molecule has 0 saturated heterocycles. The molecule has 1 aliphatic carbocycles. The van der Waals surface area contributed by atoms with Gasteiger partial charge in [0.2, 0.25) is 11.8 Å². The molecule has 120 valence electrons. The highest BCUT2D eigenvalue weighted by molar-refractivity contribution is 5.99. The molecule has 2 atom stereocenters. The molecule has 22 heavy (non-hydrogen) atoms. The SMILES string of the molecule is CCc1ccccc1NC(=O)C1CC1C(=O)NCCC(C)C. The lowest BCUT2D eigenvalue weighted by Gasteiger charge is -2.10. The summed E-state index contributed by atoms with van der Waals surface area (Å²) >= 11 is 0. The van der Waals surface area contributed by atoms with Crippen LogP contribution in [-0.4, -0.2) is 18.4 Å². The second-order valence-electron chi connectivity index (χ2n) is 6.42. The molecule has 1 aromatic carbocycles. The zero-order valence-electron chi connectivity index (χ0n) is 13.7. The van der Waals surface area contributed by atoms with E-state index in [1.165, 1.54) is 0 Å². The molecule has 4 nitrogen and oxygen atoms in total. The molecule has 2 unspecified atom stereocenters. The van der Waals surface area contributed by atoms with Gasteiger partial charge < -0.3 is 10.6 Å². The summed E-state index contributed by atoms with van der Waals surface area (Å²) in [5.74, 6) is 0.226. The summed E-state index contributed by atoms with van der Waals surface area (Å²) in [6, 6.07) is 7.81. The molecule has 2 amide bonds. The third kappa shape index (κ3) is 4.33. The number of benzene rings is 1. The molecular formula is C18H26N2O2. The molecule has 0 bridgehead atoms. The quantitative estimate of drug-likeness (QED) is 0.813. The van der Waals surface area contributed by atoms with Crippen LogP contribution >= 0.6 is 0 Å². The molecule has 0 spiro atoms. The Morgan fingerprint density at radius 1 is 1.18 bits per heavy atom. The number of hydrogen-bond acceptors (Lipinski definition) is 2. The van der Waals surface area contributed by atoms with Crippen LogP contribution in [0, 0.1) is 17.8 Å². The van der Waals surface area contributed by atoms with Crippen molar-refractivity contribution in [2.24, 2.45) is 17.8 Å². The van der Waals surface area contributed by atoms with Gasteiger partial charge in [0, 0.05) is 12.2 Å².